The standard InChI is InChI=1S/C22H28N4OS/c1-16-7-9-19(10-8-16)23-22(28)26-13-11-25(12-14-26)15-21(27)24-20-6-4-5-17(2)18(20)3/h4-10H,11-15H2,1-3H3,(H,23,28)(H,24,27). The highest BCUT2D eigenvalue weighted by Gasteiger charge is 2.21. The van der Waals surface area contributed by atoms with Gasteiger partial charge in [0.05, 0.1) is 6.54 Å². The summed E-state index contributed by atoms with van der Waals surface area (Å²) in [6, 6.07) is 14.2. The third-order valence-corrected chi connectivity index (χ3v) is 5.57. The van der Waals surface area contributed by atoms with E-state index in [1.807, 2.05) is 31.2 Å². The lowest BCUT2D eigenvalue weighted by Crippen LogP contribution is -2.51. The number of rotatable bonds is 4. The second-order valence-electron chi connectivity index (χ2n) is 7.36. The van der Waals surface area contributed by atoms with Gasteiger partial charge in [0.25, 0.3) is 0 Å². The molecule has 1 aliphatic rings. The van der Waals surface area contributed by atoms with Gasteiger partial charge in [-0.05, 0) is 62.3 Å². The maximum absolute atomic E-state index is 12.4. The molecule has 1 aliphatic heterocycles. The first kappa shape index (κ1) is 20.3. The molecule has 148 valence electrons. The summed E-state index contributed by atoms with van der Waals surface area (Å²) in [5.41, 5.74) is 5.43. The SMILES string of the molecule is Cc1ccc(NC(=S)N2CCN(CC(=O)Nc3cccc(C)c3C)CC2)cc1. The van der Waals surface area contributed by atoms with Crippen LogP contribution in [0, 0.1) is 20.8 Å². The van der Waals surface area contributed by atoms with E-state index in [1.54, 1.807) is 0 Å². The zero-order valence-electron chi connectivity index (χ0n) is 16.8. The minimum atomic E-state index is 0.0301. The minimum Gasteiger partial charge on any atom is -0.346 e. The smallest absolute Gasteiger partial charge is 0.238 e. The number of hydrogen-bond acceptors (Lipinski definition) is 3. The Hall–Kier alpha value is -2.44. The Labute approximate surface area is 172 Å². The second kappa shape index (κ2) is 9.17. The van der Waals surface area contributed by atoms with Crippen molar-refractivity contribution in [1.29, 1.82) is 0 Å². The lowest BCUT2D eigenvalue weighted by molar-refractivity contribution is -0.117. The molecule has 0 bridgehead atoms. The van der Waals surface area contributed by atoms with E-state index in [0.29, 0.717) is 6.54 Å². The Morgan fingerprint density at radius 2 is 1.64 bits per heavy atom. The topological polar surface area (TPSA) is 47.6 Å². The molecule has 28 heavy (non-hydrogen) atoms. The van der Waals surface area contributed by atoms with E-state index in [4.69, 9.17) is 12.2 Å². The van der Waals surface area contributed by atoms with Crippen LogP contribution in [0.2, 0.25) is 0 Å². The van der Waals surface area contributed by atoms with E-state index in [0.717, 1.165) is 48.2 Å². The van der Waals surface area contributed by atoms with Crippen molar-refractivity contribution in [3.8, 4) is 0 Å². The van der Waals surface area contributed by atoms with Crippen LogP contribution in [0.15, 0.2) is 42.5 Å². The van der Waals surface area contributed by atoms with Gasteiger partial charge in [0.2, 0.25) is 5.91 Å². The van der Waals surface area contributed by atoms with Gasteiger partial charge in [-0.3, -0.25) is 9.69 Å². The van der Waals surface area contributed by atoms with Crippen LogP contribution in [0.1, 0.15) is 16.7 Å². The van der Waals surface area contributed by atoms with E-state index >= 15 is 0 Å². The number of hydrogen-bond donors (Lipinski definition) is 2. The molecule has 5 nitrogen and oxygen atoms in total. The Kier molecular flexibility index (Phi) is 6.65. The first-order chi connectivity index (χ1) is 13.4. The number of benzene rings is 2. The maximum Gasteiger partial charge on any atom is 0.238 e. The zero-order valence-corrected chi connectivity index (χ0v) is 17.6. The number of nitrogens with zero attached hydrogens (tertiary/aromatic N) is 2. The van der Waals surface area contributed by atoms with Crippen molar-refractivity contribution >= 4 is 34.6 Å². The number of nitrogens with one attached hydrogen (secondary N) is 2. The summed E-state index contributed by atoms with van der Waals surface area (Å²) in [5, 5.41) is 7.07. The van der Waals surface area contributed by atoms with Gasteiger partial charge in [-0.1, -0.05) is 29.8 Å². The normalized spacial score (nSPS) is 14.6. The summed E-state index contributed by atoms with van der Waals surface area (Å²) < 4.78 is 0. The van der Waals surface area contributed by atoms with Gasteiger partial charge in [0.15, 0.2) is 5.11 Å². The third-order valence-electron chi connectivity index (χ3n) is 5.21. The van der Waals surface area contributed by atoms with Crippen LogP contribution in [-0.4, -0.2) is 53.5 Å². The van der Waals surface area contributed by atoms with Gasteiger partial charge in [-0.15, -0.1) is 0 Å². The second-order valence-corrected chi connectivity index (χ2v) is 7.74. The first-order valence-corrected chi connectivity index (χ1v) is 10.0. The highest BCUT2D eigenvalue weighted by molar-refractivity contribution is 7.80. The monoisotopic (exact) mass is 396 g/mol. The molecule has 1 amide bonds. The van der Waals surface area contributed by atoms with Crippen LogP contribution in [0.25, 0.3) is 0 Å². The molecule has 0 aliphatic carbocycles. The summed E-state index contributed by atoms with van der Waals surface area (Å²) in [4.78, 5) is 16.8. The molecule has 0 unspecified atom stereocenters. The van der Waals surface area contributed by atoms with E-state index in [9.17, 15) is 4.79 Å². The zero-order chi connectivity index (χ0) is 20.1. The fourth-order valence-electron chi connectivity index (χ4n) is 3.23. The Bertz CT molecular complexity index is 842. The van der Waals surface area contributed by atoms with Crippen LogP contribution >= 0.6 is 12.2 Å². The lowest BCUT2D eigenvalue weighted by atomic mass is 10.1. The van der Waals surface area contributed by atoms with Crippen LogP contribution in [0.5, 0.6) is 0 Å². The number of anilines is 2. The van der Waals surface area contributed by atoms with Crippen molar-refractivity contribution in [2.24, 2.45) is 0 Å². The predicted octanol–water partition coefficient (Wildman–Crippen LogP) is 3.56. The lowest BCUT2D eigenvalue weighted by Gasteiger charge is -2.35. The minimum absolute atomic E-state index is 0.0301. The number of aryl methyl sites for hydroxylation is 2. The molecule has 0 saturated carbocycles. The van der Waals surface area contributed by atoms with E-state index in [1.165, 1.54) is 11.1 Å². The van der Waals surface area contributed by atoms with Crippen molar-refractivity contribution in [1.82, 2.24) is 9.80 Å². The molecule has 0 aromatic heterocycles. The maximum atomic E-state index is 12.4. The summed E-state index contributed by atoms with van der Waals surface area (Å²) in [7, 11) is 0. The van der Waals surface area contributed by atoms with E-state index in [2.05, 4.69) is 52.5 Å². The molecule has 6 heteroatoms. The number of thiocarbonyl (C=S) groups is 1. The molecule has 2 aromatic rings. The van der Waals surface area contributed by atoms with Gasteiger partial charge in [0, 0.05) is 37.6 Å². The molecule has 1 saturated heterocycles. The summed E-state index contributed by atoms with van der Waals surface area (Å²) in [6.45, 7) is 9.81. The fraction of sp³-hybridized carbons (Fsp3) is 0.364. The van der Waals surface area contributed by atoms with Crippen molar-refractivity contribution in [2.75, 3.05) is 43.4 Å². The molecule has 2 aromatic carbocycles. The number of piperazine rings is 1. The molecule has 0 radical (unpaired) electrons. The molecular weight excluding hydrogens is 368 g/mol. The van der Waals surface area contributed by atoms with Crippen molar-refractivity contribution in [3.63, 3.8) is 0 Å². The van der Waals surface area contributed by atoms with E-state index < -0.39 is 0 Å². The largest absolute Gasteiger partial charge is 0.346 e. The highest BCUT2D eigenvalue weighted by Crippen LogP contribution is 2.18. The van der Waals surface area contributed by atoms with Crippen molar-refractivity contribution in [3.05, 3.63) is 59.2 Å². The predicted molar refractivity (Wildman–Crippen MR) is 120 cm³/mol. The molecule has 1 fully saturated rings. The van der Waals surface area contributed by atoms with Gasteiger partial charge >= 0.3 is 0 Å². The van der Waals surface area contributed by atoms with Gasteiger partial charge in [0.1, 0.15) is 0 Å². The third kappa shape index (κ3) is 5.30. The molecule has 0 atom stereocenters. The summed E-state index contributed by atoms with van der Waals surface area (Å²) in [5.74, 6) is 0.0301. The van der Waals surface area contributed by atoms with Gasteiger partial charge in [-0.2, -0.15) is 0 Å². The first-order valence-electron chi connectivity index (χ1n) is 9.63. The molecule has 0 spiro atoms. The quantitative estimate of drug-likeness (QED) is 0.774. The number of amides is 1. The van der Waals surface area contributed by atoms with Gasteiger partial charge < -0.3 is 15.5 Å². The summed E-state index contributed by atoms with van der Waals surface area (Å²) in [6.07, 6.45) is 0. The Morgan fingerprint density at radius 3 is 2.32 bits per heavy atom. The van der Waals surface area contributed by atoms with Crippen LogP contribution in [0.4, 0.5) is 11.4 Å². The van der Waals surface area contributed by atoms with Crippen LogP contribution < -0.4 is 10.6 Å². The Balaban J connectivity index is 1.45. The molecule has 2 N–H and O–H groups in total. The fourth-order valence-corrected chi connectivity index (χ4v) is 3.53. The highest BCUT2D eigenvalue weighted by atomic mass is 32.1. The molecule has 3 rings (SSSR count). The summed E-state index contributed by atoms with van der Waals surface area (Å²) >= 11 is 5.55. The molecule has 1 heterocycles. The average Bonchev–Trinajstić information content (AvgIpc) is 2.68. The number of carbonyl (C=O) groups is 1. The van der Waals surface area contributed by atoms with Crippen molar-refractivity contribution < 1.29 is 4.79 Å². The van der Waals surface area contributed by atoms with Gasteiger partial charge in [-0.25, -0.2) is 0 Å². The average molecular weight is 397 g/mol. The van der Waals surface area contributed by atoms with E-state index in [-0.39, 0.29) is 5.91 Å². The van der Waals surface area contributed by atoms with Crippen LogP contribution in [0.3, 0.4) is 0 Å². The number of carbonyl (C=O) groups excluding carboxylic acids is 1. The van der Waals surface area contributed by atoms with Crippen LogP contribution in [-0.2, 0) is 4.79 Å². The molecular formula is C22H28N4OS. The van der Waals surface area contributed by atoms with Crippen molar-refractivity contribution in [2.45, 2.75) is 20.8 Å². The Morgan fingerprint density at radius 1 is 0.964 bits per heavy atom.